The number of phenols is 1. The summed E-state index contributed by atoms with van der Waals surface area (Å²) >= 11 is 1.74. The van der Waals surface area contributed by atoms with Gasteiger partial charge in [-0.15, -0.1) is 24.0 Å². The van der Waals surface area contributed by atoms with Crippen LogP contribution >= 0.6 is 35.3 Å². The van der Waals surface area contributed by atoms with Gasteiger partial charge in [-0.2, -0.15) is 11.3 Å². The van der Waals surface area contributed by atoms with Crippen molar-refractivity contribution in [3.05, 3.63) is 46.7 Å². The molecule has 7 heteroatoms. The van der Waals surface area contributed by atoms with Crippen molar-refractivity contribution in [3.63, 3.8) is 0 Å². The number of benzene rings is 1. The molecule has 1 atom stereocenters. The maximum atomic E-state index is 10.0. The minimum Gasteiger partial charge on any atom is -0.506 e. The molecule has 2 aromatic rings. The number of phenolic OH excluding ortho intramolecular Hbond substituents is 1. The lowest BCUT2D eigenvalue weighted by Gasteiger charge is -2.38. The molecule has 142 valence electrons. The third-order valence-electron chi connectivity index (χ3n) is 4.69. The predicted octanol–water partition coefficient (Wildman–Crippen LogP) is 3.57. The summed E-state index contributed by atoms with van der Waals surface area (Å²) in [7, 11) is 1.84. The Morgan fingerprint density at radius 2 is 1.96 bits per heavy atom. The van der Waals surface area contributed by atoms with E-state index in [0.29, 0.717) is 11.7 Å². The quantitative estimate of drug-likeness (QED) is 0.394. The molecule has 1 saturated heterocycles. The molecule has 1 aliphatic heterocycles. The topological polar surface area (TPSA) is 51.1 Å². The molecule has 2 N–H and O–H groups in total. The summed E-state index contributed by atoms with van der Waals surface area (Å²) in [5.41, 5.74) is 2.29. The lowest BCUT2D eigenvalue weighted by atomic mass is 10.1. The van der Waals surface area contributed by atoms with Crippen LogP contribution in [0.3, 0.4) is 0 Å². The molecule has 1 aromatic carbocycles. The van der Waals surface area contributed by atoms with E-state index in [4.69, 9.17) is 0 Å². The highest BCUT2D eigenvalue weighted by Gasteiger charge is 2.21. The Kier molecular flexibility index (Phi) is 8.02. The lowest BCUT2D eigenvalue weighted by molar-refractivity contribution is 0.369. The Morgan fingerprint density at radius 1 is 1.23 bits per heavy atom. The second kappa shape index (κ2) is 10.0. The number of guanidine groups is 1. The third kappa shape index (κ3) is 5.03. The first kappa shape index (κ1) is 20.8. The molecule has 1 aromatic heterocycles. The number of aromatic hydroxyl groups is 1. The Bertz CT molecular complexity index is 699. The van der Waals surface area contributed by atoms with Gasteiger partial charge >= 0.3 is 0 Å². The van der Waals surface area contributed by atoms with Crippen LogP contribution in [0.2, 0.25) is 0 Å². The molecule has 0 spiro atoms. The number of aliphatic imine (C=N–C) groups is 1. The summed E-state index contributed by atoms with van der Waals surface area (Å²) in [4.78, 5) is 8.96. The van der Waals surface area contributed by atoms with Crippen molar-refractivity contribution < 1.29 is 5.11 Å². The van der Waals surface area contributed by atoms with E-state index in [9.17, 15) is 5.11 Å². The number of thiophene rings is 1. The van der Waals surface area contributed by atoms with Crippen molar-refractivity contribution in [1.82, 2.24) is 10.2 Å². The second-order valence-corrected chi connectivity index (χ2v) is 7.13. The van der Waals surface area contributed by atoms with Crippen LogP contribution in [0.15, 0.2) is 46.1 Å². The van der Waals surface area contributed by atoms with Crippen molar-refractivity contribution in [1.29, 1.82) is 0 Å². The third-order valence-corrected chi connectivity index (χ3v) is 5.39. The molecule has 0 amide bonds. The van der Waals surface area contributed by atoms with Gasteiger partial charge in [0.15, 0.2) is 5.96 Å². The molecule has 5 nitrogen and oxygen atoms in total. The minimum absolute atomic E-state index is 0. The minimum atomic E-state index is 0. The number of anilines is 1. The monoisotopic (exact) mass is 486 g/mol. The summed E-state index contributed by atoms with van der Waals surface area (Å²) in [5, 5.41) is 17.9. The van der Waals surface area contributed by atoms with Gasteiger partial charge in [0.2, 0.25) is 0 Å². The molecule has 1 unspecified atom stereocenters. The first-order chi connectivity index (χ1) is 12.2. The van der Waals surface area contributed by atoms with Gasteiger partial charge in [-0.1, -0.05) is 19.1 Å². The number of nitrogens with one attached hydrogen (secondary N) is 1. The van der Waals surface area contributed by atoms with Gasteiger partial charge in [0.1, 0.15) is 5.75 Å². The first-order valence-corrected chi connectivity index (χ1v) is 9.64. The van der Waals surface area contributed by atoms with Crippen molar-refractivity contribution in [2.24, 2.45) is 4.99 Å². The number of piperazine rings is 1. The van der Waals surface area contributed by atoms with Gasteiger partial charge < -0.3 is 20.2 Å². The molecule has 26 heavy (non-hydrogen) atoms. The smallest absolute Gasteiger partial charge is 0.193 e. The van der Waals surface area contributed by atoms with Crippen molar-refractivity contribution in [2.75, 3.05) is 44.7 Å². The maximum Gasteiger partial charge on any atom is 0.193 e. The van der Waals surface area contributed by atoms with Crippen LogP contribution < -0.4 is 10.2 Å². The zero-order valence-corrected chi connectivity index (χ0v) is 18.4. The molecule has 0 aliphatic carbocycles. The van der Waals surface area contributed by atoms with Gasteiger partial charge in [0.05, 0.1) is 5.69 Å². The van der Waals surface area contributed by atoms with E-state index in [0.717, 1.165) is 44.4 Å². The number of rotatable bonds is 4. The molecule has 2 heterocycles. The summed E-state index contributed by atoms with van der Waals surface area (Å²) in [6.45, 7) is 6.64. The van der Waals surface area contributed by atoms with E-state index >= 15 is 0 Å². The Labute approximate surface area is 176 Å². The fourth-order valence-corrected chi connectivity index (χ4v) is 3.92. The average molecular weight is 486 g/mol. The molecule has 0 bridgehead atoms. The van der Waals surface area contributed by atoms with E-state index in [1.54, 1.807) is 17.4 Å². The van der Waals surface area contributed by atoms with Crippen LogP contribution in [0.25, 0.3) is 0 Å². The van der Waals surface area contributed by atoms with Crippen molar-refractivity contribution >= 4 is 47.0 Å². The van der Waals surface area contributed by atoms with Gasteiger partial charge in [-0.25, -0.2) is 0 Å². The van der Waals surface area contributed by atoms with E-state index in [1.807, 2.05) is 25.2 Å². The summed E-state index contributed by atoms with van der Waals surface area (Å²) in [6, 6.07) is 9.72. The molecule has 3 rings (SSSR count). The average Bonchev–Trinajstić information content (AvgIpc) is 3.18. The highest BCUT2D eigenvalue weighted by Crippen LogP contribution is 2.27. The summed E-state index contributed by atoms with van der Waals surface area (Å²) in [5.74, 6) is 1.77. The molecule has 0 radical (unpaired) electrons. The Morgan fingerprint density at radius 3 is 2.58 bits per heavy atom. The molecular weight excluding hydrogens is 459 g/mol. The van der Waals surface area contributed by atoms with Gasteiger partial charge in [0.25, 0.3) is 0 Å². The van der Waals surface area contributed by atoms with Gasteiger partial charge in [-0.05, 0) is 40.4 Å². The van der Waals surface area contributed by atoms with Crippen LogP contribution in [0.5, 0.6) is 5.75 Å². The lowest BCUT2D eigenvalue weighted by Crippen LogP contribution is -2.53. The van der Waals surface area contributed by atoms with Crippen LogP contribution in [0.1, 0.15) is 18.4 Å². The van der Waals surface area contributed by atoms with Crippen LogP contribution in [0.4, 0.5) is 5.69 Å². The largest absolute Gasteiger partial charge is 0.506 e. The normalized spacial score (nSPS) is 16.2. The zero-order chi connectivity index (χ0) is 17.6. The number of para-hydroxylation sites is 2. The highest BCUT2D eigenvalue weighted by atomic mass is 127. The first-order valence-electron chi connectivity index (χ1n) is 8.69. The van der Waals surface area contributed by atoms with Gasteiger partial charge in [0, 0.05) is 39.8 Å². The van der Waals surface area contributed by atoms with E-state index < -0.39 is 0 Å². The molecule has 1 aliphatic rings. The predicted molar refractivity (Wildman–Crippen MR) is 121 cm³/mol. The Hall–Kier alpha value is -1.48. The zero-order valence-electron chi connectivity index (χ0n) is 15.3. The number of hydrogen-bond acceptors (Lipinski definition) is 4. The van der Waals surface area contributed by atoms with Gasteiger partial charge in [-0.3, -0.25) is 4.99 Å². The van der Waals surface area contributed by atoms with Crippen LogP contribution in [-0.4, -0.2) is 55.7 Å². The van der Waals surface area contributed by atoms with E-state index in [1.165, 1.54) is 5.56 Å². The van der Waals surface area contributed by atoms with Crippen LogP contribution in [0, 0.1) is 0 Å². The molecule has 1 fully saturated rings. The number of hydrogen-bond donors (Lipinski definition) is 2. The highest BCUT2D eigenvalue weighted by molar-refractivity contribution is 14.0. The molecule has 0 saturated carbocycles. The van der Waals surface area contributed by atoms with Crippen LogP contribution in [-0.2, 0) is 0 Å². The Balaban J connectivity index is 0.00000243. The number of nitrogens with zero attached hydrogens (tertiary/aromatic N) is 3. The summed E-state index contributed by atoms with van der Waals surface area (Å²) in [6.07, 6.45) is 0. The fourth-order valence-electron chi connectivity index (χ4n) is 3.14. The fraction of sp³-hybridized carbons (Fsp3) is 0.421. The van der Waals surface area contributed by atoms with E-state index in [-0.39, 0.29) is 24.0 Å². The van der Waals surface area contributed by atoms with Crippen molar-refractivity contribution in [2.45, 2.75) is 12.8 Å². The maximum absolute atomic E-state index is 10.0. The summed E-state index contributed by atoms with van der Waals surface area (Å²) < 4.78 is 0. The standard InChI is InChI=1S/C19H26N4OS.HI/c1-15(16-7-12-25-14-16)13-21-19(20-2)23-10-8-22(9-11-23)17-5-3-4-6-18(17)24;/h3-7,12,14-15,24H,8-11,13H2,1-2H3,(H,20,21);1H. The van der Waals surface area contributed by atoms with Crippen molar-refractivity contribution in [3.8, 4) is 5.75 Å². The van der Waals surface area contributed by atoms with E-state index in [2.05, 4.69) is 43.9 Å². The SMILES string of the molecule is CN=C(NCC(C)c1ccsc1)N1CCN(c2ccccc2O)CC1.I. The number of halogens is 1. The molecular formula is C19H27IN4OS. The second-order valence-electron chi connectivity index (χ2n) is 6.35.